The minimum atomic E-state index is -0.0330. The summed E-state index contributed by atoms with van der Waals surface area (Å²) in [5, 5.41) is 7.04. The monoisotopic (exact) mass is 368 g/mol. The van der Waals surface area contributed by atoms with Gasteiger partial charge in [0.15, 0.2) is 0 Å². The van der Waals surface area contributed by atoms with Crippen molar-refractivity contribution in [1.82, 2.24) is 14.8 Å². The molecule has 1 aromatic heterocycles. The lowest BCUT2D eigenvalue weighted by Crippen LogP contribution is -2.19. The summed E-state index contributed by atoms with van der Waals surface area (Å²) in [5.41, 5.74) is 1.49. The number of carbonyl (C=O) groups excluding carboxylic acids is 1. The number of benzene rings is 1. The van der Waals surface area contributed by atoms with Gasteiger partial charge in [0.1, 0.15) is 12.7 Å². The zero-order chi connectivity index (χ0) is 15.5. The molecular weight excluding hydrogens is 352 g/mol. The number of anilines is 1. The summed E-state index contributed by atoms with van der Waals surface area (Å²) in [5.74, 6) is 0.377. The van der Waals surface area contributed by atoms with E-state index in [4.69, 9.17) is 0 Å². The van der Waals surface area contributed by atoms with Gasteiger partial charge in [-0.05, 0) is 18.2 Å². The zero-order valence-electron chi connectivity index (χ0n) is 12.1. The van der Waals surface area contributed by atoms with Crippen LogP contribution in [0.3, 0.4) is 0 Å². The molecule has 0 saturated carbocycles. The van der Waals surface area contributed by atoms with Gasteiger partial charge in [0.05, 0.1) is 17.1 Å². The summed E-state index contributed by atoms with van der Waals surface area (Å²) < 4.78 is 2.58. The van der Waals surface area contributed by atoms with Crippen LogP contribution >= 0.6 is 27.7 Å². The Morgan fingerprint density at radius 1 is 1.43 bits per heavy atom. The molecule has 2 aromatic rings. The van der Waals surface area contributed by atoms with Crippen molar-refractivity contribution in [2.75, 3.05) is 11.1 Å². The zero-order valence-corrected chi connectivity index (χ0v) is 14.5. The highest BCUT2D eigenvalue weighted by atomic mass is 79.9. The number of nitrogens with zero attached hydrogens (tertiary/aromatic N) is 3. The second kappa shape index (κ2) is 6.62. The quantitative estimate of drug-likeness (QED) is 0.896. The largest absolute Gasteiger partial charge is 0.323 e. The fourth-order valence-electron chi connectivity index (χ4n) is 1.61. The van der Waals surface area contributed by atoms with Crippen LogP contribution in [0.4, 0.5) is 5.69 Å². The maximum Gasteiger partial charge on any atom is 0.234 e. The average Bonchev–Trinajstić information content (AvgIpc) is 2.89. The number of amides is 1. The first kappa shape index (κ1) is 16.0. The fourth-order valence-corrected chi connectivity index (χ4v) is 2.61. The van der Waals surface area contributed by atoms with Gasteiger partial charge < -0.3 is 5.32 Å². The topological polar surface area (TPSA) is 59.8 Å². The molecule has 1 aromatic carbocycles. The smallest absolute Gasteiger partial charge is 0.234 e. The summed E-state index contributed by atoms with van der Waals surface area (Å²) in [6.45, 7) is 6.26. The van der Waals surface area contributed by atoms with E-state index in [1.165, 1.54) is 6.33 Å². The number of nitrogens with one attached hydrogen (secondary N) is 1. The van der Waals surface area contributed by atoms with Crippen molar-refractivity contribution in [3.05, 3.63) is 35.3 Å². The van der Waals surface area contributed by atoms with Gasteiger partial charge in [0.25, 0.3) is 0 Å². The Hall–Kier alpha value is -1.34. The van der Waals surface area contributed by atoms with E-state index >= 15 is 0 Å². The first-order valence-electron chi connectivity index (χ1n) is 6.43. The number of hydrogen-bond donors (Lipinski definition) is 1. The first-order chi connectivity index (χ1) is 9.85. The van der Waals surface area contributed by atoms with Crippen molar-refractivity contribution in [1.29, 1.82) is 0 Å². The second-order valence-electron chi connectivity index (χ2n) is 5.45. The summed E-state index contributed by atoms with van der Waals surface area (Å²) in [7, 11) is 0. The molecular formula is C14H17BrN4OS. The van der Waals surface area contributed by atoms with E-state index in [9.17, 15) is 4.79 Å². The van der Waals surface area contributed by atoms with Crippen LogP contribution in [0.1, 0.15) is 20.8 Å². The minimum absolute atomic E-state index is 0.0330. The van der Waals surface area contributed by atoms with E-state index in [0.29, 0.717) is 11.4 Å². The van der Waals surface area contributed by atoms with Crippen molar-refractivity contribution in [2.45, 2.75) is 25.5 Å². The molecule has 0 bridgehead atoms. The van der Waals surface area contributed by atoms with Gasteiger partial charge in [0.2, 0.25) is 5.91 Å². The third-order valence-corrected chi connectivity index (χ3v) is 4.30. The van der Waals surface area contributed by atoms with Crippen LogP contribution in [-0.4, -0.2) is 31.2 Å². The molecule has 21 heavy (non-hydrogen) atoms. The number of thioether (sulfide) groups is 1. The average molecular weight is 369 g/mol. The van der Waals surface area contributed by atoms with Gasteiger partial charge >= 0.3 is 0 Å². The molecule has 0 aliphatic heterocycles. The molecule has 0 radical (unpaired) electrons. The number of halogens is 1. The number of hydrogen-bond acceptors (Lipinski definition) is 4. The molecule has 112 valence electrons. The van der Waals surface area contributed by atoms with Crippen molar-refractivity contribution in [3.8, 4) is 5.69 Å². The number of rotatable bonds is 4. The third kappa shape index (κ3) is 4.86. The summed E-state index contributed by atoms with van der Waals surface area (Å²) in [6, 6.07) is 5.64. The maximum atomic E-state index is 12.1. The fraction of sp³-hybridized carbons (Fsp3) is 0.357. The van der Waals surface area contributed by atoms with E-state index in [2.05, 4.69) is 52.1 Å². The Balaban J connectivity index is 2.16. The number of carbonyl (C=O) groups is 1. The van der Waals surface area contributed by atoms with E-state index in [0.717, 1.165) is 10.2 Å². The molecule has 0 aliphatic rings. The molecule has 5 nitrogen and oxygen atoms in total. The first-order valence-corrected chi connectivity index (χ1v) is 8.21. The predicted octanol–water partition coefficient (Wildman–Crippen LogP) is 3.50. The molecule has 1 heterocycles. The Morgan fingerprint density at radius 3 is 2.81 bits per heavy atom. The van der Waals surface area contributed by atoms with Gasteiger partial charge in [-0.15, -0.1) is 11.8 Å². The minimum Gasteiger partial charge on any atom is -0.323 e. The van der Waals surface area contributed by atoms with Gasteiger partial charge in [-0.1, -0.05) is 36.7 Å². The van der Waals surface area contributed by atoms with Crippen molar-refractivity contribution >= 4 is 39.3 Å². The highest BCUT2D eigenvalue weighted by molar-refractivity contribution is 9.10. The van der Waals surface area contributed by atoms with Gasteiger partial charge in [-0.2, -0.15) is 5.10 Å². The Bertz CT molecular complexity index is 622. The molecule has 0 fully saturated rings. The molecule has 0 saturated heterocycles. The Morgan fingerprint density at radius 2 is 2.19 bits per heavy atom. The third-order valence-electron chi connectivity index (χ3n) is 2.53. The van der Waals surface area contributed by atoms with Crippen LogP contribution < -0.4 is 5.32 Å². The summed E-state index contributed by atoms with van der Waals surface area (Å²) in [4.78, 5) is 16.0. The van der Waals surface area contributed by atoms with Gasteiger partial charge in [-0.25, -0.2) is 9.67 Å². The lowest BCUT2D eigenvalue weighted by atomic mass is 10.2. The van der Waals surface area contributed by atoms with Crippen LogP contribution in [0.25, 0.3) is 5.69 Å². The van der Waals surface area contributed by atoms with Crippen molar-refractivity contribution in [3.63, 3.8) is 0 Å². The lowest BCUT2D eigenvalue weighted by molar-refractivity contribution is -0.113. The lowest BCUT2D eigenvalue weighted by Gasteiger charge is -2.17. The number of aromatic nitrogens is 3. The molecule has 0 unspecified atom stereocenters. The Kier molecular flexibility index (Phi) is 5.05. The Labute approximate surface area is 136 Å². The molecule has 0 aliphatic carbocycles. The predicted molar refractivity (Wildman–Crippen MR) is 89.9 cm³/mol. The van der Waals surface area contributed by atoms with Crippen LogP contribution in [0, 0.1) is 0 Å². The molecule has 0 atom stereocenters. The second-order valence-corrected chi connectivity index (χ2v) is 8.17. The van der Waals surface area contributed by atoms with Crippen LogP contribution in [0.2, 0.25) is 0 Å². The van der Waals surface area contributed by atoms with E-state index in [-0.39, 0.29) is 10.7 Å². The van der Waals surface area contributed by atoms with Crippen LogP contribution in [0.5, 0.6) is 0 Å². The highest BCUT2D eigenvalue weighted by Crippen LogP contribution is 2.26. The highest BCUT2D eigenvalue weighted by Gasteiger charge is 2.15. The summed E-state index contributed by atoms with van der Waals surface area (Å²) >= 11 is 5.03. The van der Waals surface area contributed by atoms with Crippen LogP contribution in [0.15, 0.2) is 35.3 Å². The molecule has 1 amide bonds. The van der Waals surface area contributed by atoms with Crippen molar-refractivity contribution in [2.24, 2.45) is 0 Å². The van der Waals surface area contributed by atoms with Crippen molar-refractivity contribution < 1.29 is 4.79 Å². The van der Waals surface area contributed by atoms with E-state index in [1.54, 1.807) is 22.8 Å². The summed E-state index contributed by atoms with van der Waals surface area (Å²) in [6.07, 6.45) is 3.06. The molecule has 2 rings (SSSR count). The van der Waals surface area contributed by atoms with E-state index < -0.39 is 0 Å². The maximum absolute atomic E-state index is 12.1. The van der Waals surface area contributed by atoms with Gasteiger partial charge in [0, 0.05) is 9.22 Å². The SMILES string of the molecule is CC(C)(C)SCC(=O)Nc1cc(Br)ccc1-n1cncn1. The molecule has 7 heteroatoms. The van der Waals surface area contributed by atoms with Gasteiger partial charge in [-0.3, -0.25) is 4.79 Å². The van der Waals surface area contributed by atoms with E-state index in [1.807, 2.05) is 18.2 Å². The molecule has 0 spiro atoms. The normalized spacial score (nSPS) is 11.4. The van der Waals surface area contributed by atoms with Crippen LogP contribution in [-0.2, 0) is 4.79 Å². The molecule has 1 N–H and O–H groups in total. The standard InChI is InChI=1S/C14H17BrN4OS/c1-14(2,3)21-7-13(20)18-11-6-10(15)4-5-12(11)19-9-16-8-17-19/h4-6,8-9H,7H2,1-3H3,(H,18,20).